The molecule has 0 radical (unpaired) electrons. The van der Waals surface area contributed by atoms with Crippen LogP contribution in [0.1, 0.15) is 22.3 Å². The lowest BCUT2D eigenvalue weighted by Gasteiger charge is -2.13. The SMILES string of the molecule is COc1ccc(-c2c(F)c3cc(OCc4ccccc4)ccc3n2Cc2ccc(CCOS(=O)(=O)c3ccc(C)cc3)cc2)cc1. The Kier molecular flexibility index (Phi) is 9.19. The zero-order valence-corrected chi connectivity index (χ0v) is 26.5. The minimum absolute atomic E-state index is 0.0271. The summed E-state index contributed by atoms with van der Waals surface area (Å²) in [6.45, 7) is 2.73. The Morgan fingerprint density at radius 1 is 0.739 bits per heavy atom. The van der Waals surface area contributed by atoms with Gasteiger partial charge in [0.2, 0.25) is 0 Å². The number of benzene rings is 5. The molecular weight excluding hydrogens is 601 g/mol. The summed E-state index contributed by atoms with van der Waals surface area (Å²) in [5, 5.41) is 0.472. The van der Waals surface area contributed by atoms with Gasteiger partial charge in [0.05, 0.1) is 29.8 Å². The predicted molar refractivity (Wildman–Crippen MR) is 178 cm³/mol. The monoisotopic (exact) mass is 635 g/mol. The molecular formula is C38H34FNO5S. The van der Waals surface area contributed by atoms with Crippen LogP contribution in [0.2, 0.25) is 0 Å². The number of hydrogen-bond donors (Lipinski definition) is 0. The molecule has 6 nitrogen and oxygen atoms in total. The second kappa shape index (κ2) is 13.6. The van der Waals surface area contributed by atoms with Gasteiger partial charge in [-0.15, -0.1) is 0 Å². The van der Waals surface area contributed by atoms with E-state index in [1.807, 2.05) is 102 Å². The van der Waals surface area contributed by atoms with Gasteiger partial charge < -0.3 is 14.0 Å². The zero-order valence-electron chi connectivity index (χ0n) is 25.7. The number of hydrogen-bond acceptors (Lipinski definition) is 5. The largest absolute Gasteiger partial charge is 0.497 e. The van der Waals surface area contributed by atoms with E-state index in [1.165, 1.54) is 0 Å². The Labute approximate surface area is 268 Å². The summed E-state index contributed by atoms with van der Waals surface area (Å²) in [6.07, 6.45) is 0.426. The number of halogens is 1. The summed E-state index contributed by atoms with van der Waals surface area (Å²) in [5.74, 6) is 0.952. The molecule has 0 fully saturated rings. The maximum atomic E-state index is 16.3. The van der Waals surface area contributed by atoms with Crippen LogP contribution in [0.4, 0.5) is 4.39 Å². The number of ether oxygens (including phenoxy) is 2. The van der Waals surface area contributed by atoms with Gasteiger partial charge in [0.15, 0.2) is 5.82 Å². The van der Waals surface area contributed by atoms with E-state index < -0.39 is 10.1 Å². The molecule has 0 saturated heterocycles. The fourth-order valence-corrected chi connectivity index (χ4v) is 6.26. The van der Waals surface area contributed by atoms with Crippen LogP contribution in [0, 0.1) is 12.7 Å². The molecule has 0 spiro atoms. The third-order valence-electron chi connectivity index (χ3n) is 7.89. The summed E-state index contributed by atoms with van der Waals surface area (Å²) in [6, 6.07) is 37.1. The van der Waals surface area contributed by atoms with Crippen LogP contribution in [0.5, 0.6) is 11.5 Å². The molecule has 0 bridgehead atoms. The summed E-state index contributed by atoms with van der Waals surface area (Å²) < 4.78 is 59.9. The molecule has 8 heteroatoms. The summed E-state index contributed by atoms with van der Waals surface area (Å²) >= 11 is 0. The Bertz CT molecular complexity index is 2040. The van der Waals surface area contributed by atoms with Crippen LogP contribution in [-0.2, 0) is 33.9 Å². The molecule has 0 aliphatic heterocycles. The van der Waals surface area contributed by atoms with E-state index in [-0.39, 0.29) is 17.3 Å². The smallest absolute Gasteiger partial charge is 0.296 e. The second-order valence-electron chi connectivity index (χ2n) is 11.1. The van der Waals surface area contributed by atoms with E-state index in [1.54, 1.807) is 37.4 Å². The third-order valence-corrected chi connectivity index (χ3v) is 9.21. The molecule has 6 rings (SSSR count). The van der Waals surface area contributed by atoms with E-state index in [0.29, 0.717) is 42.2 Å². The molecule has 0 unspecified atom stereocenters. The highest BCUT2D eigenvalue weighted by molar-refractivity contribution is 7.86. The van der Waals surface area contributed by atoms with Crippen molar-refractivity contribution in [1.82, 2.24) is 4.57 Å². The van der Waals surface area contributed by atoms with Crippen molar-refractivity contribution >= 4 is 21.0 Å². The Balaban J connectivity index is 1.23. The summed E-state index contributed by atoms with van der Waals surface area (Å²) in [7, 11) is -2.23. The average molecular weight is 636 g/mol. The van der Waals surface area contributed by atoms with Crippen molar-refractivity contribution in [2.24, 2.45) is 0 Å². The van der Waals surface area contributed by atoms with Crippen LogP contribution >= 0.6 is 0 Å². The number of fused-ring (bicyclic) bond motifs is 1. The number of methoxy groups -OCH3 is 1. The topological polar surface area (TPSA) is 66.8 Å². The summed E-state index contributed by atoms with van der Waals surface area (Å²) in [4.78, 5) is 0.141. The lowest BCUT2D eigenvalue weighted by atomic mass is 10.1. The zero-order chi connectivity index (χ0) is 32.1. The molecule has 1 heterocycles. The third kappa shape index (κ3) is 6.98. The maximum Gasteiger partial charge on any atom is 0.296 e. The normalized spacial score (nSPS) is 11.5. The maximum absolute atomic E-state index is 16.3. The highest BCUT2D eigenvalue weighted by atomic mass is 32.2. The van der Waals surface area contributed by atoms with Crippen molar-refractivity contribution in [1.29, 1.82) is 0 Å². The molecule has 0 N–H and O–H groups in total. The van der Waals surface area contributed by atoms with Gasteiger partial charge in [0, 0.05) is 17.5 Å². The van der Waals surface area contributed by atoms with Crippen LogP contribution < -0.4 is 9.47 Å². The second-order valence-corrected chi connectivity index (χ2v) is 12.7. The molecule has 0 saturated carbocycles. The van der Waals surface area contributed by atoms with Crippen molar-refractivity contribution in [2.45, 2.75) is 31.4 Å². The lowest BCUT2D eigenvalue weighted by Crippen LogP contribution is -2.09. The van der Waals surface area contributed by atoms with Crippen molar-refractivity contribution < 1.29 is 26.5 Å². The Morgan fingerprint density at radius 3 is 2.11 bits per heavy atom. The van der Waals surface area contributed by atoms with E-state index in [9.17, 15) is 8.42 Å². The van der Waals surface area contributed by atoms with Crippen molar-refractivity contribution in [2.75, 3.05) is 13.7 Å². The van der Waals surface area contributed by atoms with Crippen LogP contribution in [0.25, 0.3) is 22.2 Å². The van der Waals surface area contributed by atoms with Crippen molar-refractivity contribution in [3.05, 3.63) is 149 Å². The van der Waals surface area contributed by atoms with Gasteiger partial charge in [0.1, 0.15) is 18.1 Å². The molecule has 1 aromatic heterocycles. The fourth-order valence-electron chi connectivity index (χ4n) is 5.36. The van der Waals surface area contributed by atoms with Crippen LogP contribution in [0.3, 0.4) is 0 Å². The van der Waals surface area contributed by atoms with Crippen molar-refractivity contribution in [3.8, 4) is 22.8 Å². The minimum Gasteiger partial charge on any atom is -0.497 e. The summed E-state index contributed by atoms with van der Waals surface area (Å²) in [5.41, 5.74) is 5.84. The molecule has 5 aromatic carbocycles. The van der Waals surface area contributed by atoms with Gasteiger partial charge in [-0.2, -0.15) is 8.42 Å². The molecule has 234 valence electrons. The standard InChI is InChI=1S/C38H34FNO5S/c1-27-8-19-34(20-9-27)46(41,42)45-23-22-28-10-12-29(13-11-28)25-40-36-21-18-33(44-26-30-6-4-3-5-7-30)24-35(36)37(39)38(40)31-14-16-32(43-2)17-15-31/h3-21,24H,22-23,25-26H2,1-2H3. The van der Waals surface area contributed by atoms with E-state index in [2.05, 4.69) is 0 Å². The minimum atomic E-state index is -3.83. The number of aromatic nitrogens is 1. The first-order valence-electron chi connectivity index (χ1n) is 15.0. The average Bonchev–Trinajstić information content (AvgIpc) is 3.35. The molecule has 46 heavy (non-hydrogen) atoms. The molecule has 0 aliphatic rings. The molecule has 6 aromatic rings. The van der Waals surface area contributed by atoms with Gasteiger partial charge in [-0.1, -0.05) is 72.3 Å². The number of aryl methyl sites for hydroxylation is 1. The number of nitrogens with zero attached hydrogens (tertiary/aromatic N) is 1. The van der Waals surface area contributed by atoms with E-state index in [4.69, 9.17) is 13.7 Å². The van der Waals surface area contributed by atoms with Gasteiger partial charge in [-0.25, -0.2) is 4.39 Å². The molecule has 0 aliphatic carbocycles. The highest BCUT2D eigenvalue weighted by Crippen LogP contribution is 2.36. The first-order chi connectivity index (χ1) is 22.3. The number of rotatable bonds is 12. The first-order valence-corrected chi connectivity index (χ1v) is 16.4. The van der Waals surface area contributed by atoms with E-state index >= 15 is 4.39 Å². The molecule has 0 atom stereocenters. The van der Waals surface area contributed by atoms with E-state index in [0.717, 1.165) is 33.3 Å². The first kappa shape index (κ1) is 31.1. The van der Waals surface area contributed by atoms with Gasteiger partial charge in [-0.05, 0) is 84.6 Å². The predicted octanol–water partition coefficient (Wildman–Crippen LogP) is 8.34. The Hall–Kier alpha value is -4.92. The fraction of sp³-hybridized carbons (Fsp3) is 0.158. The molecule has 0 amide bonds. The van der Waals surface area contributed by atoms with Crippen LogP contribution in [0.15, 0.2) is 126 Å². The van der Waals surface area contributed by atoms with Crippen molar-refractivity contribution in [3.63, 3.8) is 0 Å². The Morgan fingerprint density at radius 2 is 1.41 bits per heavy atom. The van der Waals surface area contributed by atoms with Gasteiger partial charge in [-0.3, -0.25) is 4.18 Å². The van der Waals surface area contributed by atoms with Gasteiger partial charge in [0.25, 0.3) is 10.1 Å². The van der Waals surface area contributed by atoms with Gasteiger partial charge >= 0.3 is 0 Å². The lowest BCUT2D eigenvalue weighted by molar-refractivity contribution is 0.306. The quantitative estimate of drug-likeness (QED) is 0.127. The van der Waals surface area contributed by atoms with Crippen LogP contribution in [-0.4, -0.2) is 26.7 Å². The highest BCUT2D eigenvalue weighted by Gasteiger charge is 2.20.